The molecule has 0 aromatic heterocycles. The first kappa shape index (κ1) is 17.5. The standard InChI is InChI=1S/C19H25ClN2O2/c1-14(20)11-22(12-19(23)21-10-15-8-9-24-13-15)18-7-6-16-4-2-3-5-17(16)18/h2-5,15,18H,1,6-13H2,(H,21,23)/t15-,18+/m1/s1. The maximum Gasteiger partial charge on any atom is 0.234 e. The van der Waals surface area contributed by atoms with E-state index in [1.165, 1.54) is 11.1 Å². The molecule has 1 amide bonds. The molecule has 130 valence electrons. The summed E-state index contributed by atoms with van der Waals surface area (Å²) in [5.74, 6) is 0.488. The predicted octanol–water partition coefficient (Wildman–Crippen LogP) is 2.88. The molecule has 5 heteroatoms. The van der Waals surface area contributed by atoms with Crippen molar-refractivity contribution >= 4 is 17.5 Å². The lowest BCUT2D eigenvalue weighted by Gasteiger charge is -2.29. The van der Waals surface area contributed by atoms with Gasteiger partial charge in [-0.15, -0.1) is 0 Å². The van der Waals surface area contributed by atoms with E-state index in [0.717, 1.165) is 32.5 Å². The van der Waals surface area contributed by atoms with Crippen LogP contribution in [0, 0.1) is 5.92 Å². The van der Waals surface area contributed by atoms with Crippen LogP contribution in [0.25, 0.3) is 0 Å². The molecule has 1 aromatic rings. The largest absolute Gasteiger partial charge is 0.381 e. The number of hydrogen-bond acceptors (Lipinski definition) is 3. The third kappa shape index (κ3) is 4.38. The number of halogens is 1. The number of ether oxygens (including phenoxy) is 1. The van der Waals surface area contributed by atoms with E-state index in [0.29, 0.717) is 30.6 Å². The van der Waals surface area contributed by atoms with Gasteiger partial charge in [-0.2, -0.15) is 0 Å². The lowest BCUT2D eigenvalue weighted by atomic mass is 10.1. The van der Waals surface area contributed by atoms with Crippen LogP contribution in [0.15, 0.2) is 35.9 Å². The van der Waals surface area contributed by atoms with Crippen LogP contribution in [-0.4, -0.2) is 43.7 Å². The van der Waals surface area contributed by atoms with Gasteiger partial charge in [0.1, 0.15) is 0 Å². The molecule has 1 saturated heterocycles. The van der Waals surface area contributed by atoms with E-state index >= 15 is 0 Å². The summed E-state index contributed by atoms with van der Waals surface area (Å²) in [6.07, 6.45) is 3.10. The van der Waals surface area contributed by atoms with Gasteiger partial charge in [0, 0.05) is 36.7 Å². The first-order chi connectivity index (χ1) is 11.6. The second-order valence-electron chi connectivity index (χ2n) is 6.71. The minimum atomic E-state index is 0.0456. The Balaban J connectivity index is 1.61. The van der Waals surface area contributed by atoms with E-state index < -0.39 is 0 Å². The van der Waals surface area contributed by atoms with Crippen LogP contribution in [0.1, 0.15) is 30.0 Å². The highest BCUT2D eigenvalue weighted by molar-refractivity contribution is 6.29. The van der Waals surface area contributed by atoms with Crippen LogP contribution >= 0.6 is 11.6 Å². The molecule has 0 spiro atoms. The highest BCUT2D eigenvalue weighted by atomic mass is 35.5. The molecule has 2 atom stereocenters. The zero-order chi connectivity index (χ0) is 16.9. The number of hydrogen-bond donors (Lipinski definition) is 1. The Morgan fingerprint density at radius 2 is 2.17 bits per heavy atom. The molecular formula is C19H25ClN2O2. The number of aryl methyl sites for hydroxylation is 1. The molecule has 2 aliphatic rings. The molecular weight excluding hydrogens is 324 g/mol. The number of nitrogens with one attached hydrogen (secondary N) is 1. The van der Waals surface area contributed by atoms with Crippen molar-refractivity contribution in [1.82, 2.24) is 10.2 Å². The third-order valence-corrected chi connectivity index (χ3v) is 4.99. The Morgan fingerprint density at radius 3 is 2.92 bits per heavy atom. The molecule has 1 heterocycles. The van der Waals surface area contributed by atoms with Gasteiger partial charge in [-0.1, -0.05) is 42.4 Å². The Bertz CT molecular complexity index is 599. The van der Waals surface area contributed by atoms with Gasteiger partial charge in [0.05, 0.1) is 13.2 Å². The van der Waals surface area contributed by atoms with Crippen molar-refractivity contribution in [2.24, 2.45) is 5.92 Å². The van der Waals surface area contributed by atoms with E-state index in [1.807, 2.05) is 0 Å². The van der Waals surface area contributed by atoms with Crippen LogP contribution in [0.4, 0.5) is 0 Å². The molecule has 1 aromatic carbocycles. The maximum atomic E-state index is 12.4. The quantitative estimate of drug-likeness (QED) is 0.823. The molecule has 1 aliphatic heterocycles. The summed E-state index contributed by atoms with van der Waals surface area (Å²) in [6.45, 7) is 6.93. The van der Waals surface area contributed by atoms with Gasteiger partial charge >= 0.3 is 0 Å². The van der Waals surface area contributed by atoms with Gasteiger partial charge < -0.3 is 10.1 Å². The molecule has 24 heavy (non-hydrogen) atoms. The molecule has 1 N–H and O–H groups in total. The Hall–Kier alpha value is -1.36. The van der Waals surface area contributed by atoms with E-state index in [-0.39, 0.29) is 11.9 Å². The molecule has 4 nitrogen and oxygen atoms in total. The third-order valence-electron chi connectivity index (χ3n) is 4.88. The average molecular weight is 349 g/mol. The first-order valence-electron chi connectivity index (χ1n) is 8.63. The van der Waals surface area contributed by atoms with Gasteiger partial charge in [-0.05, 0) is 30.4 Å². The van der Waals surface area contributed by atoms with E-state index in [9.17, 15) is 4.79 Å². The maximum absolute atomic E-state index is 12.4. The van der Waals surface area contributed by atoms with Crippen molar-refractivity contribution < 1.29 is 9.53 Å². The molecule has 1 fully saturated rings. The number of amides is 1. The van der Waals surface area contributed by atoms with Crippen LogP contribution in [0.3, 0.4) is 0 Å². The molecule has 0 radical (unpaired) electrons. The van der Waals surface area contributed by atoms with Crippen molar-refractivity contribution in [3.05, 3.63) is 47.0 Å². The topological polar surface area (TPSA) is 41.6 Å². The van der Waals surface area contributed by atoms with Gasteiger partial charge in [0.15, 0.2) is 0 Å². The fourth-order valence-corrected chi connectivity index (χ4v) is 3.81. The second kappa shape index (κ2) is 8.15. The lowest BCUT2D eigenvalue weighted by molar-refractivity contribution is -0.122. The fraction of sp³-hybridized carbons (Fsp3) is 0.526. The lowest BCUT2D eigenvalue weighted by Crippen LogP contribution is -2.41. The van der Waals surface area contributed by atoms with E-state index in [2.05, 4.69) is 41.1 Å². The van der Waals surface area contributed by atoms with Crippen LogP contribution in [0.2, 0.25) is 0 Å². The number of nitrogens with zero attached hydrogens (tertiary/aromatic N) is 1. The molecule has 1 aliphatic carbocycles. The number of fused-ring (bicyclic) bond motifs is 1. The summed E-state index contributed by atoms with van der Waals surface area (Å²) in [7, 11) is 0. The van der Waals surface area contributed by atoms with Crippen molar-refractivity contribution in [2.45, 2.75) is 25.3 Å². The van der Waals surface area contributed by atoms with Gasteiger partial charge in [-0.3, -0.25) is 9.69 Å². The van der Waals surface area contributed by atoms with Gasteiger partial charge in [0.25, 0.3) is 0 Å². The molecule has 3 rings (SSSR count). The molecule has 0 saturated carbocycles. The van der Waals surface area contributed by atoms with E-state index in [4.69, 9.17) is 16.3 Å². The Kier molecular flexibility index (Phi) is 5.93. The van der Waals surface area contributed by atoms with Crippen molar-refractivity contribution in [2.75, 3.05) is 32.8 Å². The zero-order valence-corrected chi connectivity index (χ0v) is 14.7. The summed E-state index contributed by atoms with van der Waals surface area (Å²) in [6, 6.07) is 8.69. The Morgan fingerprint density at radius 1 is 1.33 bits per heavy atom. The minimum absolute atomic E-state index is 0.0456. The smallest absolute Gasteiger partial charge is 0.234 e. The average Bonchev–Trinajstić information content (AvgIpc) is 3.21. The summed E-state index contributed by atoms with van der Waals surface area (Å²) in [5.41, 5.74) is 2.68. The number of benzene rings is 1. The highest BCUT2D eigenvalue weighted by Crippen LogP contribution is 2.35. The molecule has 0 bridgehead atoms. The summed E-state index contributed by atoms with van der Waals surface area (Å²) in [5, 5.41) is 3.61. The molecule has 0 unspecified atom stereocenters. The predicted molar refractivity (Wildman–Crippen MR) is 96.0 cm³/mol. The number of rotatable bonds is 7. The van der Waals surface area contributed by atoms with Crippen LogP contribution in [0.5, 0.6) is 0 Å². The van der Waals surface area contributed by atoms with Crippen LogP contribution in [-0.2, 0) is 16.0 Å². The second-order valence-corrected chi connectivity index (χ2v) is 7.24. The van der Waals surface area contributed by atoms with Gasteiger partial charge in [-0.25, -0.2) is 0 Å². The fourth-order valence-electron chi connectivity index (χ4n) is 3.65. The summed E-state index contributed by atoms with van der Waals surface area (Å²) < 4.78 is 5.35. The van der Waals surface area contributed by atoms with Crippen molar-refractivity contribution in [3.63, 3.8) is 0 Å². The van der Waals surface area contributed by atoms with Crippen molar-refractivity contribution in [1.29, 1.82) is 0 Å². The zero-order valence-electron chi connectivity index (χ0n) is 14.0. The summed E-state index contributed by atoms with van der Waals surface area (Å²) in [4.78, 5) is 14.5. The number of carbonyl (C=O) groups excluding carboxylic acids is 1. The minimum Gasteiger partial charge on any atom is -0.381 e. The summed E-state index contributed by atoms with van der Waals surface area (Å²) >= 11 is 6.06. The van der Waals surface area contributed by atoms with Crippen LogP contribution < -0.4 is 5.32 Å². The first-order valence-corrected chi connectivity index (χ1v) is 9.01. The SMILES string of the molecule is C=C(Cl)CN(CC(=O)NC[C@H]1CCOC1)[C@H]1CCc2ccccc21. The Labute approximate surface area is 148 Å². The van der Waals surface area contributed by atoms with Crippen molar-refractivity contribution in [3.8, 4) is 0 Å². The van der Waals surface area contributed by atoms with Gasteiger partial charge in [0.2, 0.25) is 5.91 Å². The number of carbonyl (C=O) groups is 1. The van der Waals surface area contributed by atoms with E-state index in [1.54, 1.807) is 0 Å². The highest BCUT2D eigenvalue weighted by Gasteiger charge is 2.29. The monoisotopic (exact) mass is 348 g/mol. The normalized spacial score (nSPS) is 22.6.